The number of ether oxygens (including phenoxy) is 1. The van der Waals surface area contributed by atoms with Crippen molar-refractivity contribution in [2.24, 2.45) is 5.73 Å². The summed E-state index contributed by atoms with van der Waals surface area (Å²) in [5.41, 5.74) is 5.05. The molecule has 0 radical (unpaired) electrons. The Kier molecular flexibility index (Phi) is 5.88. The highest BCUT2D eigenvalue weighted by Crippen LogP contribution is 1.98. The molecule has 0 fully saturated rings. The van der Waals surface area contributed by atoms with E-state index in [-0.39, 0.29) is 19.2 Å². The minimum Gasteiger partial charge on any atom is -0.462 e. The largest absolute Gasteiger partial charge is 0.462 e. The monoisotopic (exact) mass is 188 g/mol. The molecule has 0 heterocycles. The van der Waals surface area contributed by atoms with Gasteiger partial charge < -0.3 is 15.8 Å². The first-order valence-electron chi connectivity index (χ1n) is 4.26. The van der Waals surface area contributed by atoms with Gasteiger partial charge in [0.2, 0.25) is 5.91 Å². The molecule has 0 aromatic heterocycles. The quantitative estimate of drug-likeness (QED) is 0.354. The summed E-state index contributed by atoms with van der Waals surface area (Å²) in [6, 6.07) is 0. The Labute approximate surface area is 77.6 Å². The maximum Gasteiger partial charge on any atom is 0.315 e. The third-order valence-electron chi connectivity index (χ3n) is 1.51. The second kappa shape index (κ2) is 6.42. The van der Waals surface area contributed by atoms with E-state index in [1.807, 2.05) is 6.92 Å². The number of nitrogens with two attached hydrogens (primary N) is 1. The van der Waals surface area contributed by atoms with Gasteiger partial charge in [-0.3, -0.25) is 9.59 Å². The van der Waals surface area contributed by atoms with E-state index in [1.54, 1.807) is 6.92 Å². The van der Waals surface area contributed by atoms with Crippen molar-refractivity contribution in [1.82, 2.24) is 5.32 Å². The van der Waals surface area contributed by atoms with Gasteiger partial charge in [-0.15, -0.1) is 0 Å². The summed E-state index contributed by atoms with van der Waals surface area (Å²) < 4.78 is 4.88. The van der Waals surface area contributed by atoms with E-state index in [9.17, 15) is 9.59 Å². The number of esters is 1. The molecule has 0 rings (SSSR count). The van der Waals surface area contributed by atoms with Crippen molar-refractivity contribution in [2.75, 3.05) is 6.67 Å². The Morgan fingerprint density at radius 1 is 1.54 bits per heavy atom. The van der Waals surface area contributed by atoms with Gasteiger partial charge in [-0.05, 0) is 13.3 Å². The van der Waals surface area contributed by atoms with E-state index in [0.717, 1.165) is 6.42 Å². The van der Waals surface area contributed by atoms with E-state index in [2.05, 4.69) is 5.32 Å². The highest BCUT2D eigenvalue weighted by atomic mass is 16.5. The standard InChI is InChI=1S/C8H16N2O3/c1-3-6(2)13-8(12)4-7(11)10-5-9/h6H,3-5,9H2,1-2H3,(H,10,11). The van der Waals surface area contributed by atoms with E-state index in [4.69, 9.17) is 10.5 Å². The lowest BCUT2D eigenvalue weighted by atomic mass is 10.3. The van der Waals surface area contributed by atoms with Gasteiger partial charge in [0.05, 0.1) is 12.8 Å². The SMILES string of the molecule is CCC(C)OC(=O)CC(=O)NCN. The molecule has 1 atom stereocenters. The van der Waals surface area contributed by atoms with Crippen molar-refractivity contribution in [1.29, 1.82) is 0 Å². The minimum absolute atomic E-state index is 0.0371. The Balaban J connectivity index is 3.67. The van der Waals surface area contributed by atoms with E-state index in [0.29, 0.717) is 0 Å². The zero-order chi connectivity index (χ0) is 10.3. The molecule has 76 valence electrons. The first-order valence-corrected chi connectivity index (χ1v) is 4.26. The lowest BCUT2D eigenvalue weighted by Crippen LogP contribution is -2.31. The van der Waals surface area contributed by atoms with Crippen LogP contribution in [0.4, 0.5) is 0 Å². The molecular weight excluding hydrogens is 172 g/mol. The summed E-state index contributed by atoms with van der Waals surface area (Å²) in [6.07, 6.45) is 0.337. The average molecular weight is 188 g/mol. The molecule has 13 heavy (non-hydrogen) atoms. The van der Waals surface area contributed by atoms with Gasteiger partial charge in [0.25, 0.3) is 0 Å². The fourth-order valence-electron chi connectivity index (χ4n) is 0.657. The summed E-state index contributed by atoms with van der Waals surface area (Å²) in [5, 5.41) is 2.31. The number of hydrogen-bond donors (Lipinski definition) is 2. The van der Waals surface area contributed by atoms with Gasteiger partial charge in [-0.1, -0.05) is 6.92 Å². The van der Waals surface area contributed by atoms with Crippen LogP contribution in [-0.2, 0) is 14.3 Å². The number of hydrogen-bond acceptors (Lipinski definition) is 4. The number of carbonyl (C=O) groups excluding carboxylic acids is 2. The van der Waals surface area contributed by atoms with Crippen molar-refractivity contribution in [3.63, 3.8) is 0 Å². The second-order valence-corrected chi connectivity index (χ2v) is 2.69. The van der Waals surface area contributed by atoms with Crippen molar-refractivity contribution in [2.45, 2.75) is 32.8 Å². The highest BCUT2D eigenvalue weighted by Gasteiger charge is 2.11. The van der Waals surface area contributed by atoms with Crippen LogP contribution in [0.25, 0.3) is 0 Å². The fourth-order valence-corrected chi connectivity index (χ4v) is 0.657. The zero-order valence-electron chi connectivity index (χ0n) is 8.00. The predicted octanol–water partition coefficient (Wildman–Crippen LogP) is -0.249. The third kappa shape index (κ3) is 6.10. The molecule has 1 unspecified atom stereocenters. The summed E-state index contributed by atoms with van der Waals surface area (Å²) in [4.78, 5) is 21.8. The summed E-state index contributed by atoms with van der Waals surface area (Å²) in [7, 11) is 0. The van der Waals surface area contributed by atoms with Crippen LogP contribution >= 0.6 is 0 Å². The van der Waals surface area contributed by atoms with Crippen molar-refractivity contribution >= 4 is 11.9 Å². The van der Waals surface area contributed by atoms with Gasteiger partial charge in [0, 0.05) is 0 Å². The molecule has 5 heteroatoms. The van der Waals surface area contributed by atoms with E-state index >= 15 is 0 Å². The molecule has 0 aliphatic heterocycles. The van der Waals surface area contributed by atoms with Crippen LogP contribution in [0.3, 0.4) is 0 Å². The van der Waals surface area contributed by atoms with Crippen LogP contribution in [0.15, 0.2) is 0 Å². The number of amides is 1. The summed E-state index contributed by atoms with van der Waals surface area (Å²) in [6.45, 7) is 3.71. The smallest absolute Gasteiger partial charge is 0.315 e. The first-order chi connectivity index (χ1) is 6.10. The van der Waals surface area contributed by atoms with Gasteiger partial charge in [-0.25, -0.2) is 0 Å². The van der Waals surface area contributed by atoms with Gasteiger partial charge in [-0.2, -0.15) is 0 Å². The van der Waals surface area contributed by atoms with Crippen LogP contribution in [0.5, 0.6) is 0 Å². The molecule has 0 saturated heterocycles. The molecule has 0 aromatic carbocycles. The topological polar surface area (TPSA) is 81.4 Å². The molecule has 1 amide bonds. The molecule has 5 nitrogen and oxygen atoms in total. The fraction of sp³-hybridized carbons (Fsp3) is 0.750. The molecule has 0 aromatic rings. The van der Waals surface area contributed by atoms with Crippen molar-refractivity contribution in [3.05, 3.63) is 0 Å². The lowest BCUT2D eigenvalue weighted by Gasteiger charge is -2.10. The van der Waals surface area contributed by atoms with Gasteiger partial charge in [0.1, 0.15) is 6.42 Å². The molecular formula is C8H16N2O3. The average Bonchev–Trinajstić information content (AvgIpc) is 2.04. The molecule has 0 aliphatic rings. The Morgan fingerprint density at radius 3 is 2.62 bits per heavy atom. The van der Waals surface area contributed by atoms with Crippen LogP contribution in [0, 0.1) is 0 Å². The summed E-state index contributed by atoms with van der Waals surface area (Å²) in [5.74, 6) is -0.920. The van der Waals surface area contributed by atoms with Crippen molar-refractivity contribution < 1.29 is 14.3 Å². The zero-order valence-corrected chi connectivity index (χ0v) is 8.00. The highest BCUT2D eigenvalue weighted by molar-refractivity contribution is 5.94. The van der Waals surface area contributed by atoms with Crippen LogP contribution in [0.1, 0.15) is 26.7 Å². The maximum absolute atomic E-state index is 11.0. The Bertz CT molecular complexity index is 182. The minimum atomic E-state index is -0.514. The Morgan fingerprint density at radius 2 is 2.15 bits per heavy atom. The molecule has 0 saturated carbocycles. The molecule has 0 bridgehead atoms. The first kappa shape index (κ1) is 11.9. The number of carbonyl (C=O) groups is 2. The number of nitrogens with one attached hydrogen (secondary N) is 1. The Hall–Kier alpha value is -1.10. The number of rotatable bonds is 5. The van der Waals surface area contributed by atoms with Crippen molar-refractivity contribution in [3.8, 4) is 0 Å². The third-order valence-corrected chi connectivity index (χ3v) is 1.51. The lowest BCUT2D eigenvalue weighted by molar-refractivity contribution is -0.150. The van der Waals surface area contributed by atoms with Crippen LogP contribution in [0.2, 0.25) is 0 Å². The molecule has 0 aliphatic carbocycles. The van der Waals surface area contributed by atoms with Crippen LogP contribution in [-0.4, -0.2) is 24.6 Å². The van der Waals surface area contributed by atoms with Crippen LogP contribution < -0.4 is 11.1 Å². The maximum atomic E-state index is 11.0. The molecule has 0 spiro atoms. The van der Waals surface area contributed by atoms with E-state index in [1.165, 1.54) is 0 Å². The van der Waals surface area contributed by atoms with Gasteiger partial charge in [0.15, 0.2) is 0 Å². The second-order valence-electron chi connectivity index (χ2n) is 2.69. The predicted molar refractivity (Wildman–Crippen MR) is 47.7 cm³/mol. The molecule has 3 N–H and O–H groups in total. The normalized spacial score (nSPS) is 11.9. The van der Waals surface area contributed by atoms with E-state index < -0.39 is 11.9 Å². The van der Waals surface area contributed by atoms with Gasteiger partial charge >= 0.3 is 5.97 Å². The summed E-state index contributed by atoms with van der Waals surface area (Å²) >= 11 is 0.